The molecule has 1 aliphatic rings. The van der Waals surface area contributed by atoms with Crippen LogP contribution in [0.2, 0.25) is 0 Å². The number of benzene rings is 1. The summed E-state index contributed by atoms with van der Waals surface area (Å²) in [5, 5.41) is 9.05. The Bertz CT molecular complexity index is 990. The summed E-state index contributed by atoms with van der Waals surface area (Å²) < 4.78 is 45.3. The average Bonchev–Trinajstić information content (AvgIpc) is 2.82. The Morgan fingerprint density at radius 2 is 1.83 bits per heavy atom. The summed E-state index contributed by atoms with van der Waals surface area (Å²) in [5.41, 5.74) is 1.54. The number of ether oxygens (including phenoxy) is 3. The number of pyridine rings is 1. The highest BCUT2D eigenvalue weighted by Crippen LogP contribution is 2.26. The van der Waals surface area contributed by atoms with Gasteiger partial charge >= 0.3 is 0 Å². The van der Waals surface area contributed by atoms with Gasteiger partial charge in [-0.1, -0.05) is 0 Å². The van der Waals surface area contributed by atoms with Gasteiger partial charge in [0.1, 0.15) is 11.8 Å². The molecule has 0 unspecified atom stereocenters. The fraction of sp³-hybridized carbons (Fsp3) is 0.538. The van der Waals surface area contributed by atoms with Gasteiger partial charge < -0.3 is 24.0 Å². The first kappa shape index (κ1) is 26.8. The van der Waals surface area contributed by atoms with Crippen LogP contribution in [0.5, 0.6) is 5.75 Å². The highest BCUT2D eigenvalue weighted by molar-refractivity contribution is 5.47. The number of hydrogen-bond donors (Lipinski definition) is 0. The van der Waals surface area contributed by atoms with Gasteiger partial charge in [0, 0.05) is 37.5 Å². The van der Waals surface area contributed by atoms with Crippen molar-refractivity contribution in [2.45, 2.75) is 45.6 Å². The van der Waals surface area contributed by atoms with Gasteiger partial charge in [-0.3, -0.25) is 0 Å². The Morgan fingerprint density at radius 3 is 2.34 bits per heavy atom. The van der Waals surface area contributed by atoms with Crippen molar-refractivity contribution in [1.82, 2.24) is 9.88 Å². The van der Waals surface area contributed by atoms with Crippen LogP contribution in [0.1, 0.15) is 38.4 Å². The van der Waals surface area contributed by atoms with E-state index in [1.54, 1.807) is 18.3 Å². The SMILES string of the molecule is COc1c(F)cc(CN(CCC2OCC(CN(C)C(C)(C)C)CO2)c2ccc(C#N)nc2)cc1F. The number of anilines is 1. The van der Waals surface area contributed by atoms with Crippen LogP contribution in [-0.4, -0.2) is 62.2 Å². The maximum atomic E-state index is 14.3. The molecule has 3 rings (SSSR count). The number of hydrogen-bond acceptors (Lipinski definition) is 7. The number of halogens is 2. The molecule has 190 valence electrons. The second-order valence-corrected chi connectivity index (χ2v) is 9.83. The summed E-state index contributed by atoms with van der Waals surface area (Å²) in [6.45, 7) is 9.36. The molecule has 1 aliphatic heterocycles. The van der Waals surface area contributed by atoms with Gasteiger partial charge in [-0.05, 0) is 57.6 Å². The van der Waals surface area contributed by atoms with E-state index in [0.717, 1.165) is 12.2 Å². The molecular weight excluding hydrogens is 454 g/mol. The molecule has 0 spiro atoms. The maximum Gasteiger partial charge on any atom is 0.190 e. The molecule has 0 bridgehead atoms. The van der Waals surface area contributed by atoms with Crippen LogP contribution < -0.4 is 9.64 Å². The van der Waals surface area contributed by atoms with Gasteiger partial charge in [0.15, 0.2) is 23.7 Å². The molecule has 0 aliphatic carbocycles. The lowest BCUT2D eigenvalue weighted by atomic mass is 10.0. The molecule has 35 heavy (non-hydrogen) atoms. The minimum Gasteiger partial charge on any atom is -0.491 e. The minimum atomic E-state index is -0.759. The van der Waals surface area contributed by atoms with Gasteiger partial charge in [0.2, 0.25) is 0 Å². The zero-order chi connectivity index (χ0) is 25.6. The smallest absolute Gasteiger partial charge is 0.190 e. The first-order valence-corrected chi connectivity index (χ1v) is 11.7. The Balaban J connectivity index is 1.65. The summed E-state index contributed by atoms with van der Waals surface area (Å²) in [6, 6.07) is 7.89. The third-order valence-corrected chi connectivity index (χ3v) is 6.21. The summed E-state index contributed by atoms with van der Waals surface area (Å²) >= 11 is 0. The van der Waals surface area contributed by atoms with E-state index in [1.807, 2.05) is 11.0 Å². The number of nitrogens with zero attached hydrogens (tertiary/aromatic N) is 4. The number of methoxy groups -OCH3 is 1. The lowest BCUT2D eigenvalue weighted by Crippen LogP contribution is -2.45. The van der Waals surface area contributed by atoms with Crippen molar-refractivity contribution >= 4 is 5.69 Å². The summed E-state index contributed by atoms with van der Waals surface area (Å²) in [4.78, 5) is 8.36. The van der Waals surface area contributed by atoms with Crippen LogP contribution in [0.25, 0.3) is 0 Å². The second kappa shape index (κ2) is 11.8. The van der Waals surface area contributed by atoms with Crippen LogP contribution in [-0.2, 0) is 16.0 Å². The predicted octanol–water partition coefficient (Wildman–Crippen LogP) is 4.36. The van der Waals surface area contributed by atoms with Crippen LogP contribution in [0.15, 0.2) is 30.5 Å². The molecule has 2 heterocycles. The lowest BCUT2D eigenvalue weighted by molar-refractivity contribution is -0.204. The van der Waals surface area contributed by atoms with E-state index in [4.69, 9.17) is 19.5 Å². The van der Waals surface area contributed by atoms with Crippen molar-refractivity contribution in [2.75, 3.05) is 45.4 Å². The average molecular weight is 489 g/mol. The first-order chi connectivity index (χ1) is 16.6. The molecule has 0 radical (unpaired) electrons. The Kier molecular flexibility index (Phi) is 9.00. The van der Waals surface area contributed by atoms with E-state index in [2.05, 4.69) is 37.7 Å². The largest absolute Gasteiger partial charge is 0.491 e. The lowest BCUT2D eigenvalue weighted by Gasteiger charge is -2.37. The topological polar surface area (TPSA) is 70.8 Å². The van der Waals surface area contributed by atoms with Gasteiger partial charge in [0.05, 0.1) is 32.2 Å². The molecule has 9 heteroatoms. The standard InChI is InChI=1S/C26H34F2N4O3/c1-26(2,3)31(4)14-19-16-34-24(35-17-19)8-9-32(21-7-6-20(12-29)30-13-21)15-18-10-22(27)25(33-5)23(28)11-18/h6-7,10-11,13,19,24H,8-9,14-17H2,1-5H3. The van der Waals surface area contributed by atoms with Gasteiger partial charge in [0.25, 0.3) is 0 Å². The molecular formula is C26H34F2N4O3. The van der Waals surface area contributed by atoms with E-state index < -0.39 is 17.4 Å². The normalized spacial score (nSPS) is 18.4. The Hall–Kier alpha value is -2.80. The second-order valence-electron chi connectivity index (χ2n) is 9.83. The van der Waals surface area contributed by atoms with Crippen LogP contribution >= 0.6 is 0 Å². The monoisotopic (exact) mass is 488 g/mol. The third-order valence-electron chi connectivity index (χ3n) is 6.21. The summed E-state index contributed by atoms with van der Waals surface area (Å²) in [6.07, 6.45) is 1.77. The molecule has 2 aromatic rings. The molecule has 0 amide bonds. The minimum absolute atomic E-state index is 0.0763. The van der Waals surface area contributed by atoms with Crippen LogP contribution in [0, 0.1) is 28.9 Å². The first-order valence-electron chi connectivity index (χ1n) is 11.7. The highest BCUT2D eigenvalue weighted by atomic mass is 19.1. The van der Waals surface area contributed by atoms with E-state index in [1.165, 1.54) is 19.2 Å². The van der Waals surface area contributed by atoms with Gasteiger partial charge in [-0.25, -0.2) is 13.8 Å². The highest BCUT2D eigenvalue weighted by Gasteiger charge is 2.27. The van der Waals surface area contributed by atoms with Crippen molar-refractivity contribution in [2.24, 2.45) is 5.92 Å². The zero-order valence-corrected chi connectivity index (χ0v) is 21.1. The number of nitriles is 1. The van der Waals surface area contributed by atoms with E-state index in [9.17, 15) is 8.78 Å². The van der Waals surface area contributed by atoms with Crippen molar-refractivity contribution in [3.05, 3.63) is 53.4 Å². The van der Waals surface area contributed by atoms with Crippen molar-refractivity contribution in [1.29, 1.82) is 5.26 Å². The predicted molar refractivity (Wildman–Crippen MR) is 129 cm³/mol. The van der Waals surface area contributed by atoms with Gasteiger partial charge in [-0.2, -0.15) is 5.26 Å². The van der Waals surface area contributed by atoms with E-state index >= 15 is 0 Å². The molecule has 1 fully saturated rings. The van der Waals surface area contributed by atoms with Crippen molar-refractivity contribution in [3.8, 4) is 11.8 Å². The Morgan fingerprint density at radius 1 is 1.17 bits per heavy atom. The maximum absolute atomic E-state index is 14.3. The van der Waals surface area contributed by atoms with Crippen molar-refractivity contribution < 1.29 is 23.0 Å². The van der Waals surface area contributed by atoms with Gasteiger partial charge in [-0.15, -0.1) is 0 Å². The van der Waals surface area contributed by atoms with E-state index in [-0.39, 0.29) is 18.4 Å². The molecule has 1 aromatic heterocycles. The van der Waals surface area contributed by atoms with Crippen molar-refractivity contribution in [3.63, 3.8) is 0 Å². The van der Waals surface area contributed by atoms with Crippen LogP contribution in [0.4, 0.5) is 14.5 Å². The quantitative estimate of drug-likeness (QED) is 0.520. The molecule has 1 saturated heterocycles. The summed E-state index contributed by atoms with van der Waals surface area (Å²) in [5.74, 6) is -1.63. The van der Waals surface area contributed by atoms with Crippen LogP contribution in [0.3, 0.4) is 0 Å². The molecule has 1 aromatic carbocycles. The fourth-order valence-corrected chi connectivity index (χ4v) is 3.84. The van der Waals surface area contributed by atoms with E-state index in [0.29, 0.717) is 43.4 Å². The molecule has 0 N–H and O–H groups in total. The molecule has 0 atom stereocenters. The summed E-state index contributed by atoms with van der Waals surface area (Å²) in [7, 11) is 3.33. The molecule has 7 nitrogen and oxygen atoms in total. The molecule has 0 saturated carbocycles. The Labute approximate surface area is 206 Å². The zero-order valence-electron chi connectivity index (χ0n) is 21.1. The fourth-order valence-electron chi connectivity index (χ4n) is 3.84. The number of rotatable bonds is 9. The number of aromatic nitrogens is 1. The third kappa shape index (κ3) is 7.34.